The number of hydrogen-bond acceptors (Lipinski definition) is 15. The number of esters is 4. The van der Waals surface area contributed by atoms with E-state index in [1.807, 2.05) is 0 Å². The van der Waals surface area contributed by atoms with Crippen molar-refractivity contribution in [3.63, 3.8) is 0 Å². The third-order valence-corrected chi connectivity index (χ3v) is 18.4. The molecule has 19 heteroatoms. The van der Waals surface area contributed by atoms with E-state index in [1.54, 1.807) is 0 Å². The molecular formula is C71H138O17P2. The first-order chi connectivity index (χ1) is 43.5. The number of ether oxygens (including phenoxy) is 4. The zero-order valence-corrected chi connectivity index (χ0v) is 60.1. The summed E-state index contributed by atoms with van der Waals surface area (Å²) < 4.78 is 68.2. The van der Waals surface area contributed by atoms with Crippen LogP contribution in [0.4, 0.5) is 0 Å². The molecule has 0 radical (unpaired) electrons. The summed E-state index contributed by atoms with van der Waals surface area (Å²) in [6.07, 6.45) is 51.6. The first-order valence-electron chi connectivity index (χ1n) is 37.1. The average molecular weight is 1330 g/mol. The predicted octanol–water partition coefficient (Wildman–Crippen LogP) is 20.5. The molecule has 0 aromatic carbocycles. The highest BCUT2D eigenvalue weighted by molar-refractivity contribution is 7.47. The minimum absolute atomic E-state index is 0.106. The Morgan fingerprint density at radius 1 is 0.300 bits per heavy atom. The summed E-state index contributed by atoms with van der Waals surface area (Å²) >= 11 is 0. The predicted molar refractivity (Wildman–Crippen MR) is 363 cm³/mol. The van der Waals surface area contributed by atoms with Crippen LogP contribution in [0.1, 0.15) is 369 Å². The van der Waals surface area contributed by atoms with Crippen molar-refractivity contribution in [1.29, 1.82) is 0 Å². The van der Waals surface area contributed by atoms with Gasteiger partial charge in [-0.15, -0.1) is 0 Å². The van der Waals surface area contributed by atoms with E-state index in [0.29, 0.717) is 25.7 Å². The molecule has 0 aliphatic carbocycles. The standard InChI is InChI=1S/C71H138O17P2/c1-6-9-12-15-18-21-22-23-24-25-26-27-28-29-30-31-32-35-42-47-52-57-71(76)88-67(61-82-69(74)55-50-45-40-37-36-38-43-48-53-64(4)5)63-86-90(79,80)84-59-65(72)58-83-89(77,78)85-62-66(87-70(75)56-51-46-41-34-20-17-14-11-8-3)60-81-68(73)54-49-44-39-33-19-16-13-10-7-2/h64-67,72H,6-63H2,1-5H3,(H,77,78)(H,79,80)/t65-,66+,67+/m0/s1. The van der Waals surface area contributed by atoms with Crippen molar-refractivity contribution in [2.75, 3.05) is 39.6 Å². The van der Waals surface area contributed by atoms with E-state index in [-0.39, 0.29) is 25.7 Å². The lowest BCUT2D eigenvalue weighted by Crippen LogP contribution is -2.30. The number of carbonyl (C=O) groups excluding carboxylic acids is 4. The number of carbonyl (C=O) groups is 4. The van der Waals surface area contributed by atoms with Crippen molar-refractivity contribution >= 4 is 39.5 Å². The number of unbranched alkanes of at least 4 members (excludes halogenated alkanes) is 43. The topological polar surface area (TPSA) is 237 Å². The van der Waals surface area contributed by atoms with Crippen LogP contribution in [-0.2, 0) is 65.4 Å². The number of phosphoric ester groups is 2. The molecule has 0 bridgehead atoms. The Morgan fingerprint density at radius 3 is 0.756 bits per heavy atom. The second kappa shape index (κ2) is 64.4. The van der Waals surface area contributed by atoms with E-state index < -0.39 is 97.5 Å². The van der Waals surface area contributed by atoms with Crippen LogP contribution in [0.25, 0.3) is 0 Å². The molecule has 0 aromatic heterocycles. The van der Waals surface area contributed by atoms with Crippen molar-refractivity contribution in [3.05, 3.63) is 0 Å². The minimum atomic E-state index is -4.95. The Kier molecular flexibility index (Phi) is 63.0. The maximum absolute atomic E-state index is 13.0. The Morgan fingerprint density at radius 2 is 0.511 bits per heavy atom. The first-order valence-corrected chi connectivity index (χ1v) is 40.1. The molecule has 0 spiro atoms. The molecule has 0 aliphatic heterocycles. The lowest BCUT2D eigenvalue weighted by atomic mass is 10.0. The molecule has 0 saturated heterocycles. The van der Waals surface area contributed by atoms with Gasteiger partial charge in [0.1, 0.15) is 19.3 Å². The van der Waals surface area contributed by atoms with Gasteiger partial charge in [0.15, 0.2) is 12.2 Å². The van der Waals surface area contributed by atoms with Gasteiger partial charge in [-0.1, -0.05) is 317 Å². The number of rotatable bonds is 71. The van der Waals surface area contributed by atoms with E-state index in [4.69, 9.17) is 37.0 Å². The van der Waals surface area contributed by atoms with Crippen LogP contribution >= 0.6 is 15.6 Å². The zero-order valence-electron chi connectivity index (χ0n) is 58.3. The van der Waals surface area contributed by atoms with Crippen molar-refractivity contribution in [1.82, 2.24) is 0 Å². The van der Waals surface area contributed by atoms with Gasteiger partial charge in [0.05, 0.1) is 26.4 Å². The molecule has 0 heterocycles. The highest BCUT2D eigenvalue weighted by Gasteiger charge is 2.30. The molecule has 534 valence electrons. The van der Waals surface area contributed by atoms with E-state index >= 15 is 0 Å². The van der Waals surface area contributed by atoms with Gasteiger partial charge in [-0.2, -0.15) is 0 Å². The second-order valence-electron chi connectivity index (χ2n) is 26.1. The molecule has 0 amide bonds. The lowest BCUT2D eigenvalue weighted by molar-refractivity contribution is -0.161. The van der Waals surface area contributed by atoms with Crippen molar-refractivity contribution in [2.45, 2.75) is 387 Å². The highest BCUT2D eigenvalue weighted by atomic mass is 31.2. The SMILES string of the molecule is CCCCCCCCCCCCCCCCCCCCCCCC(=O)O[C@H](COC(=O)CCCCCCCCCCC(C)C)COP(=O)(O)OC[C@@H](O)COP(=O)(O)OC[C@@H](COC(=O)CCCCCCCCCCC)OC(=O)CCCCCCCCCCC. The quantitative estimate of drug-likeness (QED) is 0.0222. The fraction of sp³-hybridized carbons (Fsp3) is 0.944. The van der Waals surface area contributed by atoms with Gasteiger partial charge < -0.3 is 33.8 Å². The van der Waals surface area contributed by atoms with Gasteiger partial charge in [0.25, 0.3) is 0 Å². The molecule has 0 fully saturated rings. The van der Waals surface area contributed by atoms with Crippen LogP contribution in [0.3, 0.4) is 0 Å². The van der Waals surface area contributed by atoms with E-state index in [9.17, 15) is 43.2 Å². The number of hydrogen-bond donors (Lipinski definition) is 3. The van der Waals surface area contributed by atoms with Crippen LogP contribution in [0, 0.1) is 5.92 Å². The zero-order chi connectivity index (χ0) is 66.3. The largest absolute Gasteiger partial charge is 0.472 e. The summed E-state index contributed by atoms with van der Waals surface area (Å²) in [5.41, 5.74) is 0. The van der Waals surface area contributed by atoms with Gasteiger partial charge in [-0.25, -0.2) is 9.13 Å². The fourth-order valence-corrected chi connectivity index (χ4v) is 12.4. The molecule has 0 saturated carbocycles. The van der Waals surface area contributed by atoms with Crippen LogP contribution in [0.15, 0.2) is 0 Å². The normalized spacial score (nSPS) is 14.1. The van der Waals surface area contributed by atoms with Crippen LogP contribution < -0.4 is 0 Å². The summed E-state index contributed by atoms with van der Waals surface area (Å²) in [5.74, 6) is -1.40. The molecular weight excluding hydrogens is 1190 g/mol. The molecule has 0 aromatic rings. The van der Waals surface area contributed by atoms with Crippen molar-refractivity contribution in [2.24, 2.45) is 5.92 Å². The van der Waals surface area contributed by atoms with Crippen LogP contribution in [0.2, 0.25) is 0 Å². The molecule has 90 heavy (non-hydrogen) atoms. The Hall–Kier alpha value is -1.94. The van der Waals surface area contributed by atoms with Gasteiger partial charge >= 0.3 is 39.5 Å². The number of aliphatic hydroxyl groups excluding tert-OH is 1. The van der Waals surface area contributed by atoms with Gasteiger partial charge in [-0.05, 0) is 31.6 Å². The van der Waals surface area contributed by atoms with Crippen LogP contribution in [0.5, 0.6) is 0 Å². The van der Waals surface area contributed by atoms with Gasteiger partial charge in [0.2, 0.25) is 0 Å². The smallest absolute Gasteiger partial charge is 0.462 e. The van der Waals surface area contributed by atoms with E-state index in [0.717, 1.165) is 95.8 Å². The van der Waals surface area contributed by atoms with Crippen molar-refractivity contribution < 1.29 is 80.2 Å². The molecule has 0 aliphatic rings. The van der Waals surface area contributed by atoms with Crippen molar-refractivity contribution in [3.8, 4) is 0 Å². The van der Waals surface area contributed by atoms with Gasteiger partial charge in [0, 0.05) is 25.7 Å². The monoisotopic (exact) mass is 1320 g/mol. The maximum Gasteiger partial charge on any atom is 0.472 e. The second-order valence-corrected chi connectivity index (χ2v) is 29.0. The molecule has 0 rings (SSSR count). The minimum Gasteiger partial charge on any atom is -0.462 e. The molecule has 3 N–H and O–H groups in total. The number of phosphoric acid groups is 2. The molecule has 2 unspecified atom stereocenters. The molecule has 17 nitrogen and oxygen atoms in total. The maximum atomic E-state index is 13.0. The molecule has 5 atom stereocenters. The summed E-state index contributed by atoms with van der Waals surface area (Å²) in [6.45, 7) is 7.18. The van der Waals surface area contributed by atoms with Crippen LogP contribution in [-0.4, -0.2) is 96.7 Å². The third kappa shape index (κ3) is 64.8. The lowest BCUT2D eigenvalue weighted by Gasteiger charge is -2.21. The summed E-state index contributed by atoms with van der Waals surface area (Å²) in [4.78, 5) is 72.4. The third-order valence-electron chi connectivity index (χ3n) is 16.5. The van der Waals surface area contributed by atoms with E-state index in [2.05, 4.69) is 34.6 Å². The Balaban J connectivity index is 5.14. The first kappa shape index (κ1) is 88.1. The summed E-state index contributed by atoms with van der Waals surface area (Å²) in [5, 5.41) is 10.6. The number of aliphatic hydroxyl groups is 1. The van der Waals surface area contributed by atoms with Gasteiger partial charge in [-0.3, -0.25) is 37.3 Å². The Bertz CT molecular complexity index is 1740. The Labute approximate surface area is 549 Å². The fourth-order valence-electron chi connectivity index (χ4n) is 10.8. The summed E-state index contributed by atoms with van der Waals surface area (Å²) in [6, 6.07) is 0. The summed E-state index contributed by atoms with van der Waals surface area (Å²) in [7, 11) is -9.89. The highest BCUT2D eigenvalue weighted by Crippen LogP contribution is 2.45. The average Bonchev–Trinajstić information content (AvgIpc) is 3.66. The van der Waals surface area contributed by atoms with E-state index in [1.165, 1.54) is 193 Å².